The van der Waals surface area contributed by atoms with Gasteiger partial charge in [-0.15, -0.1) is 0 Å². The Bertz CT molecular complexity index is 210. The zero-order valence-corrected chi connectivity index (χ0v) is 10.7. The molecule has 3 heteroatoms. The van der Waals surface area contributed by atoms with Gasteiger partial charge in [0.25, 0.3) is 0 Å². The Balaban J connectivity index is 1.67. The Kier molecular flexibility index (Phi) is 4.62. The Hall–Kier alpha value is -0.120. The molecule has 2 heterocycles. The summed E-state index contributed by atoms with van der Waals surface area (Å²) in [5, 5.41) is 3.56. The minimum Gasteiger partial charge on any atom is -0.380 e. The van der Waals surface area contributed by atoms with Gasteiger partial charge >= 0.3 is 0 Å². The van der Waals surface area contributed by atoms with Crippen LogP contribution in [0, 0.1) is 5.92 Å². The minimum absolute atomic E-state index is 0.444. The molecule has 0 bridgehead atoms. The monoisotopic (exact) mass is 226 g/mol. The highest BCUT2D eigenvalue weighted by Crippen LogP contribution is 2.22. The molecule has 2 rings (SSSR count). The molecule has 0 aromatic carbocycles. The average Bonchev–Trinajstić information content (AvgIpc) is 2.89. The summed E-state index contributed by atoms with van der Waals surface area (Å²) in [6.45, 7) is 7.18. The van der Waals surface area contributed by atoms with E-state index < -0.39 is 0 Å². The van der Waals surface area contributed by atoms with Gasteiger partial charge in [0.2, 0.25) is 0 Å². The molecule has 0 aromatic heterocycles. The molecule has 0 saturated carbocycles. The first-order valence-corrected chi connectivity index (χ1v) is 6.80. The summed E-state index contributed by atoms with van der Waals surface area (Å²) >= 11 is 0. The molecular weight excluding hydrogens is 200 g/mol. The first-order chi connectivity index (χ1) is 7.81. The van der Waals surface area contributed by atoms with Crippen LogP contribution in [0.4, 0.5) is 0 Å². The van der Waals surface area contributed by atoms with Crippen LogP contribution in [-0.2, 0) is 4.74 Å². The van der Waals surface area contributed by atoms with Crippen molar-refractivity contribution in [3.63, 3.8) is 0 Å². The van der Waals surface area contributed by atoms with E-state index in [1.165, 1.54) is 45.3 Å². The molecule has 0 radical (unpaired) electrons. The summed E-state index contributed by atoms with van der Waals surface area (Å²) in [5.41, 5.74) is 0. The van der Waals surface area contributed by atoms with Crippen LogP contribution in [0.15, 0.2) is 0 Å². The highest BCUT2D eigenvalue weighted by Gasteiger charge is 2.28. The van der Waals surface area contributed by atoms with Crippen molar-refractivity contribution >= 4 is 0 Å². The fourth-order valence-electron chi connectivity index (χ4n) is 3.14. The molecular formula is C13H26N2O. The number of likely N-dealkylation sites (tertiary alicyclic amines) is 1. The van der Waals surface area contributed by atoms with Crippen molar-refractivity contribution < 1.29 is 4.74 Å². The fraction of sp³-hybridized carbons (Fsp3) is 1.00. The third-order valence-electron chi connectivity index (χ3n) is 4.06. The molecule has 3 unspecified atom stereocenters. The fourth-order valence-corrected chi connectivity index (χ4v) is 3.14. The average molecular weight is 226 g/mol. The number of nitrogens with one attached hydrogen (secondary N) is 1. The van der Waals surface area contributed by atoms with Crippen LogP contribution in [0.2, 0.25) is 0 Å². The molecule has 2 fully saturated rings. The van der Waals surface area contributed by atoms with Gasteiger partial charge in [-0.1, -0.05) is 13.3 Å². The van der Waals surface area contributed by atoms with Gasteiger partial charge in [-0.25, -0.2) is 0 Å². The summed E-state index contributed by atoms with van der Waals surface area (Å²) < 4.78 is 5.38. The highest BCUT2D eigenvalue weighted by atomic mass is 16.5. The Morgan fingerprint density at radius 3 is 3.00 bits per heavy atom. The number of methoxy groups -OCH3 is 1. The molecule has 3 nitrogen and oxygen atoms in total. The van der Waals surface area contributed by atoms with Crippen molar-refractivity contribution in [2.75, 3.05) is 33.3 Å². The second-order valence-electron chi connectivity index (χ2n) is 5.40. The number of ether oxygens (including phenoxy) is 1. The number of nitrogens with zero attached hydrogens (tertiary/aromatic N) is 1. The molecule has 1 N–H and O–H groups in total. The van der Waals surface area contributed by atoms with E-state index in [-0.39, 0.29) is 0 Å². The van der Waals surface area contributed by atoms with Crippen LogP contribution < -0.4 is 5.32 Å². The number of hydrogen-bond acceptors (Lipinski definition) is 3. The first-order valence-electron chi connectivity index (χ1n) is 6.80. The van der Waals surface area contributed by atoms with E-state index in [0.29, 0.717) is 12.1 Å². The van der Waals surface area contributed by atoms with Gasteiger partial charge in [-0.3, -0.25) is 0 Å². The molecule has 0 aliphatic carbocycles. The van der Waals surface area contributed by atoms with E-state index in [1.54, 1.807) is 0 Å². The lowest BCUT2D eigenvalue weighted by atomic mass is 10.0. The standard InChI is InChI=1S/C13H26N2O/c1-3-4-11-5-6-15(9-11)10-12-7-13(16-2)8-14-12/h11-14H,3-10H2,1-2H3. The molecule has 94 valence electrons. The van der Waals surface area contributed by atoms with Gasteiger partial charge in [0.1, 0.15) is 0 Å². The van der Waals surface area contributed by atoms with Gasteiger partial charge < -0.3 is 15.0 Å². The zero-order chi connectivity index (χ0) is 11.4. The quantitative estimate of drug-likeness (QED) is 0.768. The van der Waals surface area contributed by atoms with Crippen molar-refractivity contribution in [3.05, 3.63) is 0 Å². The number of hydrogen-bond donors (Lipinski definition) is 1. The number of rotatable bonds is 5. The van der Waals surface area contributed by atoms with E-state index in [9.17, 15) is 0 Å². The van der Waals surface area contributed by atoms with Crippen molar-refractivity contribution in [1.29, 1.82) is 0 Å². The van der Waals surface area contributed by atoms with Gasteiger partial charge in [0.05, 0.1) is 6.10 Å². The Morgan fingerprint density at radius 2 is 2.31 bits per heavy atom. The SMILES string of the molecule is CCCC1CCN(CC2CC(OC)CN2)C1. The predicted octanol–water partition coefficient (Wildman–Crippen LogP) is 1.49. The third kappa shape index (κ3) is 3.19. The van der Waals surface area contributed by atoms with E-state index in [4.69, 9.17) is 4.74 Å². The highest BCUT2D eigenvalue weighted by molar-refractivity contribution is 4.86. The van der Waals surface area contributed by atoms with E-state index in [0.717, 1.165) is 12.5 Å². The van der Waals surface area contributed by atoms with Crippen LogP contribution in [0.5, 0.6) is 0 Å². The van der Waals surface area contributed by atoms with Crippen molar-refractivity contribution in [2.24, 2.45) is 5.92 Å². The maximum absolute atomic E-state index is 5.38. The Morgan fingerprint density at radius 1 is 1.44 bits per heavy atom. The maximum Gasteiger partial charge on any atom is 0.0711 e. The maximum atomic E-state index is 5.38. The van der Waals surface area contributed by atoms with Crippen LogP contribution in [0.3, 0.4) is 0 Å². The van der Waals surface area contributed by atoms with E-state index >= 15 is 0 Å². The lowest BCUT2D eigenvalue weighted by molar-refractivity contribution is 0.116. The largest absolute Gasteiger partial charge is 0.380 e. The molecule has 3 atom stereocenters. The van der Waals surface area contributed by atoms with Gasteiger partial charge in [0, 0.05) is 32.8 Å². The third-order valence-corrected chi connectivity index (χ3v) is 4.06. The van der Waals surface area contributed by atoms with Crippen LogP contribution in [0.25, 0.3) is 0 Å². The summed E-state index contributed by atoms with van der Waals surface area (Å²) in [4.78, 5) is 2.63. The lowest BCUT2D eigenvalue weighted by Gasteiger charge is -2.20. The van der Waals surface area contributed by atoms with Crippen LogP contribution in [-0.4, -0.2) is 50.3 Å². The smallest absolute Gasteiger partial charge is 0.0711 e. The van der Waals surface area contributed by atoms with Crippen molar-refractivity contribution in [1.82, 2.24) is 10.2 Å². The van der Waals surface area contributed by atoms with E-state index in [2.05, 4.69) is 17.1 Å². The summed E-state index contributed by atoms with van der Waals surface area (Å²) in [5.74, 6) is 0.963. The molecule has 2 aliphatic heterocycles. The second-order valence-corrected chi connectivity index (χ2v) is 5.40. The molecule has 0 aromatic rings. The Labute approximate surface area is 99.5 Å². The first kappa shape index (κ1) is 12.3. The van der Waals surface area contributed by atoms with Crippen molar-refractivity contribution in [3.8, 4) is 0 Å². The predicted molar refractivity (Wildman–Crippen MR) is 66.7 cm³/mol. The molecule has 2 saturated heterocycles. The normalized spacial score (nSPS) is 36.0. The molecule has 0 amide bonds. The summed E-state index contributed by atoms with van der Waals surface area (Å²) in [7, 11) is 1.82. The van der Waals surface area contributed by atoms with Gasteiger partial charge in [0.15, 0.2) is 0 Å². The van der Waals surface area contributed by atoms with Gasteiger partial charge in [-0.2, -0.15) is 0 Å². The van der Waals surface area contributed by atoms with Crippen LogP contribution in [0.1, 0.15) is 32.6 Å². The second kappa shape index (κ2) is 5.99. The topological polar surface area (TPSA) is 24.5 Å². The molecule has 2 aliphatic rings. The van der Waals surface area contributed by atoms with Gasteiger partial charge in [-0.05, 0) is 31.7 Å². The summed E-state index contributed by atoms with van der Waals surface area (Å²) in [6.07, 6.45) is 5.79. The minimum atomic E-state index is 0.444. The zero-order valence-electron chi connectivity index (χ0n) is 10.7. The van der Waals surface area contributed by atoms with E-state index in [1.807, 2.05) is 7.11 Å². The lowest BCUT2D eigenvalue weighted by Crippen LogP contribution is -2.36. The molecule has 16 heavy (non-hydrogen) atoms. The van der Waals surface area contributed by atoms with Crippen LogP contribution >= 0.6 is 0 Å². The van der Waals surface area contributed by atoms with Crippen molar-refractivity contribution in [2.45, 2.75) is 44.8 Å². The summed E-state index contributed by atoms with van der Waals surface area (Å²) in [6, 6.07) is 0.658. The molecule has 0 spiro atoms.